The van der Waals surface area contributed by atoms with Crippen LogP contribution in [0.1, 0.15) is 118 Å². The summed E-state index contributed by atoms with van der Waals surface area (Å²) in [5, 5.41) is 0. The predicted octanol–water partition coefficient (Wildman–Crippen LogP) is 8.00. The summed E-state index contributed by atoms with van der Waals surface area (Å²) in [4.78, 5) is 12.6. The van der Waals surface area contributed by atoms with Crippen LogP contribution in [-0.2, 0) is 20.8 Å². The summed E-state index contributed by atoms with van der Waals surface area (Å²) >= 11 is 0. The minimum Gasteiger partial charge on any atom is -0.459 e. The highest BCUT2D eigenvalue weighted by Gasteiger charge is 2.14. The lowest BCUT2D eigenvalue weighted by Gasteiger charge is -2.16. The van der Waals surface area contributed by atoms with Crippen molar-refractivity contribution < 1.29 is 23.6 Å². The molecule has 5 heteroatoms. The number of unbranched alkanes of at least 4 members (excludes halogenated alkanes) is 13. The fourth-order valence-corrected chi connectivity index (χ4v) is 4.81. The van der Waals surface area contributed by atoms with Crippen LogP contribution < -0.4 is 4.57 Å². The molecule has 1 unspecified atom stereocenters. The second-order valence-electron chi connectivity index (χ2n) is 10.9. The minimum atomic E-state index is -0.333. The van der Waals surface area contributed by atoms with Gasteiger partial charge in [0.1, 0.15) is 12.7 Å². The van der Waals surface area contributed by atoms with Crippen molar-refractivity contribution in [2.45, 2.75) is 116 Å². The molecule has 0 N–H and O–H groups in total. The van der Waals surface area contributed by atoms with Crippen molar-refractivity contribution in [1.29, 1.82) is 0 Å². The van der Waals surface area contributed by atoms with Crippen LogP contribution in [0.4, 0.5) is 0 Å². The molecule has 5 nitrogen and oxygen atoms in total. The highest BCUT2D eigenvalue weighted by atomic mass is 16.6. The van der Waals surface area contributed by atoms with E-state index in [0.29, 0.717) is 18.7 Å². The number of aryl methyl sites for hydroxylation is 1. The monoisotopic (exact) mass is 540 g/mol. The molecule has 2 aromatic rings. The predicted molar refractivity (Wildman–Crippen MR) is 159 cm³/mol. The van der Waals surface area contributed by atoms with Crippen LogP contribution in [0.3, 0.4) is 0 Å². The van der Waals surface area contributed by atoms with Gasteiger partial charge >= 0.3 is 5.97 Å². The average Bonchev–Trinajstić information content (AvgIpc) is 2.94. The summed E-state index contributed by atoms with van der Waals surface area (Å²) in [7, 11) is 1.63. The van der Waals surface area contributed by atoms with Crippen molar-refractivity contribution in [1.82, 2.24) is 0 Å². The van der Waals surface area contributed by atoms with Crippen LogP contribution in [0, 0.1) is 6.92 Å². The molecule has 0 aliphatic heterocycles. The zero-order valence-electron chi connectivity index (χ0n) is 25.0. The summed E-state index contributed by atoms with van der Waals surface area (Å²) < 4.78 is 18.9. The molecule has 0 aliphatic rings. The highest BCUT2D eigenvalue weighted by molar-refractivity contribution is 5.89. The number of methoxy groups -OCH3 is 1. The van der Waals surface area contributed by atoms with Crippen LogP contribution in [0.5, 0.6) is 0 Å². The molecule has 1 aromatic heterocycles. The molecular formula is C34H54NO4+. The molecule has 39 heavy (non-hydrogen) atoms. The van der Waals surface area contributed by atoms with Crippen molar-refractivity contribution in [3.63, 3.8) is 0 Å². The Balaban J connectivity index is 1.49. The standard InChI is InChI=1S/C34H54NO4/c1-4-5-6-7-8-9-10-11-12-13-14-15-16-17-24-38-28-33(37-3)29-39-34(36)32-22-18-21-31(25-32)27-35-23-19-20-30(2)26-35/h18-23,25-26,33H,4-17,24,27-29H2,1-3H3/q+1. The van der Waals surface area contributed by atoms with Crippen LogP contribution in [0.15, 0.2) is 48.8 Å². The first-order chi connectivity index (χ1) is 19.1. The summed E-state index contributed by atoms with van der Waals surface area (Å²) in [5.74, 6) is -0.333. The van der Waals surface area contributed by atoms with E-state index in [1.807, 2.05) is 30.5 Å². The number of esters is 1. The Morgan fingerprint density at radius 3 is 2.08 bits per heavy atom. The SMILES string of the molecule is CCCCCCCCCCCCCCCCOCC(COC(=O)c1cccc(C[n+]2cccc(C)c2)c1)OC. The summed E-state index contributed by atoms with van der Waals surface area (Å²) in [5.41, 5.74) is 2.81. The summed E-state index contributed by atoms with van der Waals surface area (Å²) in [6.45, 7) is 6.40. The summed E-state index contributed by atoms with van der Waals surface area (Å²) in [6, 6.07) is 11.7. The minimum absolute atomic E-state index is 0.185. The number of aromatic nitrogens is 1. The van der Waals surface area contributed by atoms with Gasteiger partial charge in [0.25, 0.3) is 0 Å². The largest absolute Gasteiger partial charge is 0.459 e. The molecule has 0 saturated heterocycles. The van der Waals surface area contributed by atoms with Crippen LogP contribution >= 0.6 is 0 Å². The number of rotatable bonds is 23. The number of pyridine rings is 1. The van der Waals surface area contributed by atoms with Gasteiger partial charge in [-0.15, -0.1) is 0 Å². The van der Waals surface area contributed by atoms with Crippen molar-refractivity contribution >= 4 is 5.97 Å². The maximum Gasteiger partial charge on any atom is 0.338 e. The molecule has 2 rings (SSSR count). The van der Waals surface area contributed by atoms with Gasteiger partial charge in [0, 0.05) is 30.9 Å². The number of carbonyl (C=O) groups excluding carboxylic acids is 1. The van der Waals surface area contributed by atoms with Gasteiger partial charge in [0.05, 0.1) is 12.2 Å². The Hall–Kier alpha value is -2.24. The van der Waals surface area contributed by atoms with E-state index in [1.54, 1.807) is 13.2 Å². The number of ether oxygens (including phenoxy) is 3. The number of hydrogen-bond donors (Lipinski definition) is 0. The molecule has 0 fully saturated rings. The van der Waals surface area contributed by atoms with Crippen molar-refractivity contribution in [2.75, 3.05) is 26.9 Å². The Morgan fingerprint density at radius 1 is 0.821 bits per heavy atom. The Bertz CT molecular complexity index is 900. The van der Waals surface area contributed by atoms with Crippen LogP contribution in [0.25, 0.3) is 0 Å². The van der Waals surface area contributed by atoms with Crippen LogP contribution in [-0.4, -0.2) is 39.0 Å². The van der Waals surface area contributed by atoms with Gasteiger partial charge in [-0.25, -0.2) is 9.36 Å². The van der Waals surface area contributed by atoms with E-state index in [0.717, 1.165) is 18.6 Å². The molecular weight excluding hydrogens is 486 g/mol. The fourth-order valence-electron chi connectivity index (χ4n) is 4.81. The van der Waals surface area contributed by atoms with E-state index < -0.39 is 0 Å². The normalized spacial score (nSPS) is 12.0. The molecule has 1 atom stereocenters. The second-order valence-corrected chi connectivity index (χ2v) is 10.9. The van der Waals surface area contributed by atoms with E-state index >= 15 is 0 Å². The lowest BCUT2D eigenvalue weighted by molar-refractivity contribution is -0.688. The maximum atomic E-state index is 12.6. The van der Waals surface area contributed by atoms with Gasteiger partial charge in [-0.05, 0) is 31.5 Å². The Kier molecular flexibility index (Phi) is 18.2. The summed E-state index contributed by atoms with van der Waals surface area (Å²) in [6.07, 6.45) is 22.7. The van der Waals surface area contributed by atoms with Gasteiger partial charge in [0.15, 0.2) is 18.9 Å². The van der Waals surface area contributed by atoms with E-state index in [9.17, 15) is 4.79 Å². The van der Waals surface area contributed by atoms with Gasteiger partial charge in [-0.3, -0.25) is 0 Å². The zero-order chi connectivity index (χ0) is 28.0. The van der Waals surface area contributed by atoms with Gasteiger partial charge < -0.3 is 14.2 Å². The number of carbonyl (C=O) groups is 1. The molecule has 0 spiro atoms. The van der Waals surface area contributed by atoms with E-state index in [4.69, 9.17) is 14.2 Å². The van der Waals surface area contributed by atoms with Gasteiger partial charge in [-0.1, -0.05) is 103 Å². The molecule has 218 valence electrons. The fraction of sp³-hybridized carbons (Fsp3) is 0.647. The van der Waals surface area contributed by atoms with E-state index in [1.165, 1.54) is 89.0 Å². The molecule has 1 aromatic carbocycles. The second kappa shape index (κ2) is 21.6. The van der Waals surface area contributed by atoms with Crippen molar-refractivity contribution in [2.24, 2.45) is 0 Å². The van der Waals surface area contributed by atoms with Crippen molar-refractivity contribution in [3.05, 3.63) is 65.5 Å². The van der Waals surface area contributed by atoms with Crippen LogP contribution in [0.2, 0.25) is 0 Å². The first-order valence-corrected chi connectivity index (χ1v) is 15.4. The Morgan fingerprint density at radius 2 is 1.46 bits per heavy atom. The molecule has 1 heterocycles. The maximum absolute atomic E-state index is 12.6. The number of nitrogens with zero attached hydrogens (tertiary/aromatic N) is 1. The van der Waals surface area contributed by atoms with E-state index in [-0.39, 0.29) is 18.7 Å². The zero-order valence-corrected chi connectivity index (χ0v) is 25.0. The average molecular weight is 541 g/mol. The van der Waals surface area contributed by atoms with E-state index in [2.05, 4.69) is 30.7 Å². The highest BCUT2D eigenvalue weighted by Crippen LogP contribution is 2.13. The number of hydrogen-bond acceptors (Lipinski definition) is 4. The first kappa shape index (κ1) is 33.0. The lowest BCUT2D eigenvalue weighted by Crippen LogP contribution is -2.33. The molecule has 0 radical (unpaired) electrons. The molecule has 0 aliphatic carbocycles. The topological polar surface area (TPSA) is 48.6 Å². The molecule has 0 saturated carbocycles. The smallest absolute Gasteiger partial charge is 0.338 e. The third-order valence-electron chi connectivity index (χ3n) is 7.21. The van der Waals surface area contributed by atoms with Gasteiger partial charge in [0.2, 0.25) is 0 Å². The molecule has 0 bridgehead atoms. The Labute approximate surface area is 238 Å². The van der Waals surface area contributed by atoms with Gasteiger partial charge in [-0.2, -0.15) is 0 Å². The number of benzene rings is 1. The molecule has 0 amide bonds. The first-order valence-electron chi connectivity index (χ1n) is 15.4. The quantitative estimate of drug-likeness (QED) is 0.0814. The van der Waals surface area contributed by atoms with Crippen molar-refractivity contribution in [3.8, 4) is 0 Å². The third kappa shape index (κ3) is 15.8. The third-order valence-corrected chi connectivity index (χ3v) is 7.21. The lowest BCUT2D eigenvalue weighted by atomic mass is 10.0.